The molecule has 0 aliphatic rings. The maximum atomic E-state index is 6.27. The number of hydrogen-bond donors (Lipinski definition) is 0. The van der Waals surface area contributed by atoms with E-state index in [1.165, 1.54) is 58.4 Å². The van der Waals surface area contributed by atoms with Crippen LogP contribution in [0.1, 0.15) is 0 Å². The summed E-state index contributed by atoms with van der Waals surface area (Å²) in [5, 5.41) is 10.8. The van der Waals surface area contributed by atoms with Gasteiger partial charge in [0.25, 0.3) is 0 Å². The molecule has 0 aliphatic carbocycles. The van der Waals surface area contributed by atoms with Crippen molar-refractivity contribution in [2.45, 2.75) is 0 Å². The lowest BCUT2D eigenvalue weighted by atomic mass is 9.85. The van der Waals surface area contributed by atoms with E-state index in [4.69, 9.17) is 8.83 Å². The van der Waals surface area contributed by atoms with Crippen LogP contribution in [0.3, 0.4) is 0 Å². The molecule has 0 radical (unpaired) electrons. The van der Waals surface area contributed by atoms with Crippen molar-refractivity contribution in [3.8, 4) is 22.3 Å². The number of benzene rings is 7. The fourth-order valence-electron chi connectivity index (χ4n) is 7.07. The average molecular weight is 567 g/mol. The van der Waals surface area contributed by atoms with Crippen LogP contribution in [0.5, 0.6) is 0 Å². The first kappa shape index (κ1) is 23.2. The molecule has 0 aliphatic heterocycles. The van der Waals surface area contributed by atoms with E-state index in [0.717, 1.165) is 38.5 Å². The Bertz CT molecular complexity index is 2680. The molecule has 0 N–H and O–H groups in total. The molecule has 0 unspecified atom stereocenters. The zero-order chi connectivity index (χ0) is 28.1. The third kappa shape index (κ3) is 3.23. The highest BCUT2D eigenvalue weighted by atomic mass is 32.1. The topological polar surface area (TPSA) is 26.3 Å². The van der Waals surface area contributed by atoms with Crippen LogP contribution in [-0.4, -0.2) is 0 Å². The van der Waals surface area contributed by atoms with Gasteiger partial charge in [-0.1, -0.05) is 78.9 Å². The molecular weight excluding hydrogens is 545 g/mol. The SMILES string of the molecule is c1ccc2c(c1)sc1ccc(-c3c4ccccc4c(-c4ccc5oc6ccc7ccoc7c6c5c4)c4ccccc34)cc12. The molecule has 0 amide bonds. The summed E-state index contributed by atoms with van der Waals surface area (Å²) in [6.45, 7) is 0. The second-order valence-electron chi connectivity index (χ2n) is 11.2. The standard InChI is InChI=1S/C40H22O2S/c1-3-10-29-27(8-1)37(24-14-16-33-32(22-24)39-34(42-33)17-13-23-19-20-41-40(23)39)28-9-2-4-11-30(28)38(29)25-15-18-36-31(21-25)26-7-5-6-12-35(26)43-36/h1-22H. The first-order valence-corrected chi connectivity index (χ1v) is 15.3. The van der Waals surface area contributed by atoms with E-state index >= 15 is 0 Å². The summed E-state index contributed by atoms with van der Waals surface area (Å²) in [4.78, 5) is 0. The maximum absolute atomic E-state index is 6.27. The van der Waals surface area contributed by atoms with Gasteiger partial charge in [0.1, 0.15) is 16.7 Å². The number of thiophene rings is 1. The molecule has 0 saturated heterocycles. The molecule has 200 valence electrons. The smallest absolute Gasteiger partial charge is 0.145 e. The van der Waals surface area contributed by atoms with Gasteiger partial charge in [0.15, 0.2) is 0 Å². The summed E-state index contributed by atoms with van der Waals surface area (Å²) in [7, 11) is 0. The van der Waals surface area contributed by atoms with Crippen LogP contribution in [0, 0.1) is 0 Å². The lowest BCUT2D eigenvalue weighted by molar-refractivity contribution is 0.618. The lowest BCUT2D eigenvalue weighted by Gasteiger charge is -2.18. The fourth-order valence-corrected chi connectivity index (χ4v) is 8.16. The monoisotopic (exact) mass is 566 g/mol. The molecule has 0 saturated carbocycles. The highest BCUT2D eigenvalue weighted by Gasteiger charge is 2.19. The minimum absolute atomic E-state index is 0.844. The average Bonchev–Trinajstić information content (AvgIpc) is 3.78. The molecular formula is C40H22O2S. The van der Waals surface area contributed by atoms with E-state index in [2.05, 4.69) is 115 Å². The summed E-state index contributed by atoms with van der Waals surface area (Å²) >= 11 is 1.86. The van der Waals surface area contributed by atoms with Gasteiger partial charge in [-0.25, -0.2) is 0 Å². The maximum Gasteiger partial charge on any atom is 0.145 e. The van der Waals surface area contributed by atoms with Crippen molar-refractivity contribution >= 4 is 86.0 Å². The van der Waals surface area contributed by atoms with Gasteiger partial charge in [-0.15, -0.1) is 11.3 Å². The van der Waals surface area contributed by atoms with Crippen molar-refractivity contribution < 1.29 is 8.83 Å². The van der Waals surface area contributed by atoms with Crippen molar-refractivity contribution in [1.29, 1.82) is 0 Å². The fraction of sp³-hybridized carbons (Fsp3) is 0. The van der Waals surface area contributed by atoms with Gasteiger partial charge in [-0.05, 0) is 92.3 Å². The van der Waals surface area contributed by atoms with E-state index in [9.17, 15) is 0 Å². The molecule has 0 spiro atoms. The summed E-state index contributed by atoms with van der Waals surface area (Å²) in [6, 6.07) is 46.1. The molecule has 3 heterocycles. The highest BCUT2D eigenvalue weighted by Crippen LogP contribution is 2.46. The minimum atomic E-state index is 0.844. The summed E-state index contributed by atoms with van der Waals surface area (Å²) in [6.07, 6.45) is 1.75. The molecule has 0 bridgehead atoms. The number of hydrogen-bond acceptors (Lipinski definition) is 3. The van der Waals surface area contributed by atoms with Gasteiger partial charge < -0.3 is 8.83 Å². The van der Waals surface area contributed by atoms with Crippen molar-refractivity contribution in [3.05, 3.63) is 134 Å². The summed E-state index contributed by atoms with van der Waals surface area (Å²) in [5.74, 6) is 0. The van der Waals surface area contributed by atoms with Crippen LogP contribution in [-0.2, 0) is 0 Å². The van der Waals surface area contributed by atoms with Crippen LogP contribution < -0.4 is 0 Å². The van der Waals surface area contributed by atoms with E-state index < -0.39 is 0 Å². The van der Waals surface area contributed by atoms with E-state index in [-0.39, 0.29) is 0 Å². The second kappa shape index (κ2) is 8.57. The quantitative estimate of drug-likeness (QED) is 0.195. The summed E-state index contributed by atoms with van der Waals surface area (Å²) < 4.78 is 14.9. The van der Waals surface area contributed by atoms with Gasteiger partial charge >= 0.3 is 0 Å². The second-order valence-corrected chi connectivity index (χ2v) is 12.3. The van der Waals surface area contributed by atoms with Crippen LogP contribution in [0.25, 0.3) is 96.9 Å². The van der Waals surface area contributed by atoms with Gasteiger partial charge in [-0.3, -0.25) is 0 Å². The molecule has 0 atom stereocenters. The van der Waals surface area contributed by atoms with Crippen LogP contribution in [0.15, 0.2) is 142 Å². The highest BCUT2D eigenvalue weighted by molar-refractivity contribution is 7.25. The molecule has 3 heteroatoms. The Morgan fingerprint density at radius 1 is 0.442 bits per heavy atom. The Morgan fingerprint density at radius 3 is 1.74 bits per heavy atom. The predicted molar refractivity (Wildman–Crippen MR) is 182 cm³/mol. The van der Waals surface area contributed by atoms with Crippen molar-refractivity contribution in [2.75, 3.05) is 0 Å². The third-order valence-corrected chi connectivity index (χ3v) is 10.1. The van der Waals surface area contributed by atoms with Gasteiger partial charge in [0, 0.05) is 30.9 Å². The predicted octanol–water partition coefficient (Wildman–Crippen LogP) is 12.3. The zero-order valence-electron chi connectivity index (χ0n) is 22.9. The largest absolute Gasteiger partial charge is 0.464 e. The molecule has 2 nitrogen and oxygen atoms in total. The van der Waals surface area contributed by atoms with E-state index in [0.29, 0.717) is 0 Å². The molecule has 3 aromatic heterocycles. The van der Waals surface area contributed by atoms with Gasteiger partial charge in [0.2, 0.25) is 0 Å². The first-order valence-electron chi connectivity index (χ1n) is 14.5. The minimum Gasteiger partial charge on any atom is -0.464 e. The van der Waals surface area contributed by atoms with Crippen molar-refractivity contribution in [2.24, 2.45) is 0 Å². The first-order chi connectivity index (χ1) is 21.3. The van der Waals surface area contributed by atoms with Crippen molar-refractivity contribution in [3.63, 3.8) is 0 Å². The van der Waals surface area contributed by atoms with E-state index in [1.54, 1.807) is 6.26 Å². The molecule has 0 fully saturated rings. The number of rotatable bonds is 2. The molecule has 10 aromatic rings. The molecule has 43 heavy (non-hydrogen) atoms. The third-order valence-electron chi connectivity index (χ3n) is 8.94. The molecule has 7 aromatic carbocycles. The van der Waals surface area contributed by atoms with Crippen LogP contribution in [0.2, 0.25) is 0 Å². The Balaban J connectivity index is 1.30. The Labute approximate surface area is 250 Å². The zero-order valence-corrected chi connectivity index (χ0v) is 23.7. The molecule has 10 rings (SSSR count). The van der Waals surface area contributed by atoms with Crippen molar-refractivity contribution in [1.82, 2.24) is 0 Å². The lowest BCUT2D eigenvalue weighted by Crippen LogP contribution is -1.90. The number of furan rings is 2. The Hall–Kier alpha value is -5.38. The van der Waals surface area contributed by atoms with E-state index in [1.807, 2.05) is 23.5 Å². The van der Waals surface area contributed by atoms with Crippen LogP contribution in [0.4, 0.5) is 0 Å². The van der Waals surface area contributed by atoms with Gasteiger partial charge in [-0.2, -0.15) is 0 Å². The number of fused-ring (bicyclic) bond motifs is 10. The summed E-state index contributed by atoms with van der Waals surface area (Å²) in [5.41, 5.74) is 7.50. The Kier molecular flexibility index (Phi) is 4.63. The van der Waals surface area contributed by atoms with Gasteiger partial charge in [0.05, 0.1) is 11.6 Å². The van der Waals surface area contributed by atoms with Crippen LogP contribution >= 0.6 is 11.3 Å². The Morgan fingerprint density at radius 2 is 1.02 bits per heavy atom. The normalized spacial score (nSPS) is 12.2.